The smallest absolute Gasteiger partial charge is 0.407 e. The lowest BCUT2D eigenvalue weighted by atomic mass is 10.2. The molecule has 6 heteroatoms. The van der Waals surface area contributed by atoms with E-state index in [4.69, 9.17) is 4.74 Å². The molecule has 0 saturated carbocycles. The number of nitrogens with zero attached hydrogens (tertiary/aromatic N) is 1. The highest BCUT2D eigenvalue weighted by atomic mass is 32.1. The quantitative estimate of drug-likeness (QED) is 0.848. The number of ether oxygens (including phenoxy) is 1. The van der Waals surface area contributed by atoms with Gasteiger partial charge < -0.3 is 15.4 Å². The van der Waals surface area contributed by atoms with E-state index < -0.39 is 5.60 Å². The molecule has 0 aliphatic carbocycles. The fourth-order valence-electron chi connectivity index (χ4n) is 1.49. The third kappa shape index (κ3) is 6.86. The van der Waals surface area contributed by atoms with Crippen LogP contribution >= 0.6 is 11.3 Å². The molecule has 1 unspecified atom stereocenters. The van der Waals surface area contributed by atoms with Crippen molar-refractivity contribution in [3.8, 4) is 0 Å². The van der Waals surface area contributed by atoms with E-state index in [2.05, 4.69) is 22.5 Å². The van der Waals surface area contributed by atoms with Crippen molar-refractivity contribution in [2.24, 2.45) is 0 Å². The van der Waals surface area contributed by atoms with Crippen LogP contribution in [0.4, 0.5) is 4.79 Å². The van der Waals surface area contributed by atoms with Gasteiger partial charge in [0.2, 0.25) is 0 Å². The first-order chi connectivity index (χ1) is 9.30. The van der Waals surface area contributed by atoms with Gasteiger partial charge in [-0.05, 0) is 34.1 Å². The Bertz CT molecular complexity index is 426. The number of amides is 1. The van der Waals surface area contributed by atoms with Gasteiger partial charge >= 0.3 is 6.09 Å². The third-order valence-corrected chi connectivity index (χ3v) is 3.62. The van der Waals surface area contributed by atoms with E-state index >= 15 is 0 Å². The molecule has 2 N–H and O–H groups in total. The lowest BCUT2D eigenvalue weighted by molar-refractivity contribution is 0.0523. The van der Waals surface area contributed by atoms with Gasteiger partial charge in [0.15, 0.2) is 0 Å². The predicted octanol–water partition coefficient (Wildman–Crippen LogP) is 2.71. The first-order valence-electron chi connectivity index (χ1n) is 6.94. The Morgan fingerprint density at radius 2 is 2.20 bits per heavy atom. The van der Waals surface area contributed by atoms with Crippen molar-refractivity contribution < 1.29 is 9.53 Å². The highest BCUT2D eigenvalue weighted by molar-refractivity contribution is 7.11. The van der Waals surface area contributed by atoms with Crippen LogP contribution < -0.4 is 10.6 Å². The number of rotatable bonds is 6. The maximum atomic E-state index is 11.5. The van der Waals surface area contributed by atoms with Crippen molar-refractivity contribution in [1.82, 2.24) is 15.6 Å². The summed E-state index contributed by atoms with van der Waals surface area (Å²) in [5, 5.41) is 7.26. The van der Waals surface area contributed by atoms with Crippen LogP contribution in [-0.4, -0.2) is 29.3 Å². The Balaban J connectivity index is 2.23. The summed E-state index contributed by atoms with van der Waals surface area (Å²) in [5.41, 5.74) is -0.458. The Kier molecular flexibility index (Phi) is 6.42. The zero-order valence-corrected chi connectivity index (χ0v) is 13.8. The normalized spacial score (nSPS) is 13.1. The van der Waals surface area contributed by atoms with Crippen LogP contribution in [0.15, 0.2) is 6.20 Å². The van der Waals surface area contributed by atoms with Gasteiger partial charge in [-0.1, -0.05) is 6.92 Å². The van der Waals surface area contributed by atoms with Crippen molar-refractivity contribution in [1.29, 1.82) is 0 Å². The monoisotopic (exact) mass is 299 g/mol. The van der Waals surface area contributed by atoms with E-state index in [-0.39, 0.29) is 12.1 Å². The number of alkyl carbamates (subject to hydrolysis) is 1. The van der Waals surface area contributed by atoms with E-state index in [1.807, 2.05) is 33.9 Å². The predicted molar refractivity (Wildman–Crippen MR) is 82.0 cm³/mol. The minimum absolute atomic E-state index is 0.176. The largest absolute Gasteiger partial charge is 0.444 e. The minimum Gasteiger partial charge on any atom is -0.444 e. The van der Waals surface area contributed by atoms with E-state index in [9.17, 15) is 4.79 Å². The summed E-state index contributed by atoms with van der Waals surface area (Å²) in [6.45, 7) is 11.0. The van der Waals surface area contributed by atoms with Gasteiger partial charge in [0, 0.05) is 30.2 Å². The Morgan fingerprint density at radius 3 is 2.75 bits per heavy atom. The second kappa shape index (κ2) is 7.59. The summed E-state index contributed by atoms with van der Waals surface area (Å²) in [4.78, 5) is 17.0. The van der Waals surface area contributed by atoms with Crippen molar-refractivity contribution in [2.75, 3.05) is 6.54 Å². The van der Waals surface area contributed by atoms with Crippen molar-refractivity contribution in [3.05, 3.63) is 16.1 Å². The van der Waals surface area contributed by atoms with E-state index in [0.29, 0.717) is 6.54 Å². The zero-order valence-electron chi connectivity index (χ0n) is 12.9. The number of hydrogen-bond acceptors (Lipinski definition) is 5. The molecule has 5 nitrogen and oxygen atoms in total. The highest BCUT2D eigenvalue weighted by Gasteiger charge is 2.16. The molecule has 1 atom stereocenters. The number of carbonyl (C=O) groups excluding carboxylic acids is 1. The maximum Gasteiger partial charge on any atom is 0.407 e. The van der Waals surface area contributed by atoms with Gasteiger partial charge in [-0.2, -0.15) is 0 Å². The van der Waals surface area contributed by atoms with Crippen LogP contribution in [0.2, 0.25) is 0 Å². The summed E-state index contributed by atoms with van der Waals surface area (Å²) in [5.74, 6) is 0. The number of aromatic nitrogens is 1. The highest BCUT2D eigenvalue weighted by Crippen LogP contribution is 2.13. The van der Waals surface area contributed by atoms with Crippen LogP contribution in [0.5, 0.6) is 0 Å². The molecule has 20 heavy (non-hydrogen) atoms. The van der Waals surface area contributed by atoms with Gasteiger partial charge in [-0.15, -0.1) is 11.3 Å². The van der Waals surface area contributed by atoms with Gasteiger partial charge in [0.05, 0.1) is 5.01 Å². The van der Waals surface area contributed by atoms with Crippen LogP contribution in [0.25, 0.3) is 0 Å². The average molecular weight is 299 g/mol. The Labute approximate surface area is 125 Å². The molecule has 1 rings (SSSR count). The Hall–Kier alpha value is -1.14. The van der Waals surface area contributed by atoms with Crippen molar-refractivity contribution in [3.63, 3.8) is 0 Å². The molecule has 0 aromatic carbocycles. The summed E-state index contributed by atoms with van der Waals surface area (Å²) < 4.78 is 5.18. The number of thiazole rings is 1. The van der Waals surface area contributed by atoms with E-state index in [1.165, 1.54) is 4.88 Å². The maximum absolute atomic E-state index is 11.5. The second-order valence-corrected chi connectivity index (χ2v) is 6.94. The molecule has 0 aliphatic rings. The van der Waals surface area contributed by atoms with Crippen LogP contribution in [0.3, 0.4) is 0 Å². The molecule has 0 fully saturated rings. The molecule has 1 heterocycles. The molecule has 1 amide bonds. The molecule has 1 aromatic rings. The topological polar surface area (TPSA) is 63.2 Å². The lowest BCUT2D eigenvalue weighted by Gasteiger charge is -2.21. The Morgan fingerprint density at radius 1 is 1.50 bits per heavy atom. The van der Waals surface area contributed by atoms with Gasteiger partial charge in [0.1, 0.15) is 5.60 Å². The van der Waals surface area contributed by atoms with E-state index in [0.717, 1.165) is 18.0 Å². The molecule has 1 aromatic heterocycles. The molecule has 0 radical (unpaired) electrons. The second-order valence-electron chi connectivity index (χ2n) is 5.74. The molecule has 0 spiro atoms. The van der Waals surface area contributed by atoms with Gasteiger partial charge in [-0.3, -0.25) is 0 Å². The van der Waals surface area contributed by atoms with E-state index in [1.54, 1.807) is 11.3 Å². The first-order valence-corrected chi connectivity index (χ1v) is 7.75. The van der Waals surface area contributed by atoms with Crippen molar-refractivity contribution >= 4 is 17.4 Å². The number of hydrogen-bond donors (Lipinski definition) is 2. The molecular formula is C14H25N3O2S. The number of carbonyl (C=O) groups is 1. The minimum atomic E-state index is -0.458. The fourth-order valence-corrected chi connectivity index (χ4v) is 2.30. The fraction of sp³-hybridized carbons (Fsp3) is 0.714. The van der Waals surface area contributed by atoms with Gasteiger partial charge in [0.25, 0.3) is 0 Å². The summed E-state index contributed by atoms with van der Waals surface area (Å²) >= 11 is 1.72. The molecule has 114 valence electrons. The summed E-state index contributed by atoms with van der Waals surface area (Å²) in [6, 6.07) is 0.176. The average Bonchev–Trinajstić information content (AvgIpc) is 2.79. The molecule has 0 aliphatic heterocycles. The third-order valence-electron chi connectivity index (χ3n) is 2.48. The van der Waals surface area contributed by atoms with Crippen LogP contribution in [0.1, 0.15) is 44.5 Å². The standard InChI is InChI=1S/C14H25N3O2S/c1-6-12-16-9-11(20-12)8-15-10(2)7-17-13(18)19-14(3,4)5/h9-10,15H,6-8H2,1-5H3,(H,17,18). The number of nitrogens with one attached hydrogen (secondary N) is 2. The molecule has 0 bridgehead atoms. The number of aryl methyl sites for hydroxylation is 1. The van der Waals surface area contributed by atoms with Crippen LogP contribution in [0, 0.1) is 0 Å². The van der Waals surface area contributed by atoms with Crippen LogP contribution in [-0.2, 0) is 17.7 Å². The molecule has 0 saturated heterocycles. The zero-order chi connectivity index (χ0) is 15.2. The summed E-state index contributed by atoms with van der Waals surface area (Å²) in [6.07, 6.45) is 2.50. The SMILES string of the molecule is CCc1ncc(CNC(C)CNC(=O)OC(C)(C)C)s1. The first kappa shape index (κ1) is 16.9. The van der Waals surface area contributed by atoms with Crippen molar-refractivity contribution in [2.45, 2.75) is 59.2 Å². The lowest BCUT2D eigenvalue weighted by Crippen LogP contribution is -2.40. The van der Waals surface area contributed by atoms with Gasteiger partial charge in [-0.25, -0.2) is 9.78 Å². The summed E-state index contributed by atoms with van der Waals surface area (Å²) in [7, 11) is 0. The molecular weight excluding hydrogens is 274 g/mol.